The van der Waals surface area contributed by atoms with Crippen molar-refractivity contribution in [2.24, 2.45) is 11.5 Å². The van der Waals surface area contributed by atoms with E-state index in [9.17, 15) is 0 Å². The minimum absolute atomic E-state index is 0.370. The maximum Gasteiger partial charge on any atom is 0.154 e. The van der Waals surface area contributed by atoms with Crippen LogP contribution in [-0.2, 0) is 4.74 Å². The molecule has 0 saturated carbocycles. The van der Waals surface area contributed by atoms with Crippen LogP contribution in [0, 0.1) is 0 Å². The zero-order chi connectivity index (χ0) is 12.5. The molecule has 0 heterocycles. The first-order valence-corrected chi connectivity index (χ1v) is 5.42. The molecule has 0 fully saturated rings. The summed E-state index contributed by atoms with van der Waals surface area (Å²) in [5.74, 6) is 0. The molecular weight excluding hydrogens is 214 g/mol. The second kappa shape index (κ2) is 4.33. The van der Waals surface area contributed by atoms with Gasteiger partial charge in [0.15, 0.2) is 5.72 Å². The molecule has 1 aromatic carbocycles. The predicted octanol–water partition coefficient (Wildman–Crippen LogP) is 0.851. The molecule has 0 radical (unpaired) electrons. The first-order chi connectivity index (χ1) is 8.05. The highest BCUT2D eigenvalue weighted by molar-refractivity contribution is 5.76. The van der Waals surface area contributed by atoms with Crippen LogP contribution in [0.1, 0.15) is 5.56 Å². The number of rotatable bonds is 2. The lowest BCUT2D eigenvalue weighted by molar-refractivity contribution is 0.0268. The van der Waals surface area contributed by atoms with E-state index in [-0.39, 0.29) is 6.04 Å². The van der Waals surface area contributed by atoms with Gasteiger partial charge in [0.05, 0.1) is 6.04 Å². The first kappa shape index (κ1) is 11.9. The molecule has 0 aliphatic heterocycles. The Morgan fingerprint density at radius 3 is 2.41 bits per heavy atom. The Bertz CT molecular complexity index is 464. The van der Waals surface area contributed by atoms with Crippen molar-refractivity contribution in [2.75, 3.05) is 12.8 Å². The van der Waals surface area contributed by atoms with Crippen LogP contribution < -0.4 is 17.2 Å². The van der Waals surface area contributed by atoms with Crippen molar-refractivity contribution in [2.45, 2.75) is 11.8 Å². The Kier molecular flexibility index (Phi) is 3.02. The molecule has 0 bridgehead atoms. The van der Waals surface area contributed by atoms with E-state index in [2.05, 4.69) is 0 Å². The molecule has 90 valence electrons. The molecule has 1 aliphatic rings. The van der Waals surface area contributed by atoms with Gasteiger partial charge in [-0.25, -0.2) is 0 Å². The van der Waals surface area contributed by atoms with Crippen LogP contribution in [0.5, 0.6) is 0 Å². The number of hydrogen-bond acceptors (Lipinski definition) is 4. The Balaban J connectivity index is 2.29. The molecule has 6 N–H and O–H groups in total. The van der Waals surface area contributed by atoms with Gasteiger partial charge in [0.25, 0.3) is 0 Å². The number of anilines is 1. The summed E-state index contributed by atoms with van der Waals surface area (Å²) >= 11 is 0. The van der Waals surface area contributed by atoms with Crippen LogP contribution in [0.25, 0.3) is 5.57 Å². The highest BCUT2D eigenvalue weighted by Crippen LogP contribution is 2.25. The fourth-order valence-corrected chi connectivity index (χ4v) is 1.78. The van der Waals surface area contributed by atoms with E-state index in [4.69, 9.17) is 21.9 Å². The second-order valence-corrected chi connectivity index (χ2v) is 4.16. The number of benzene rings is 1. The zero-order valence-corrected chi connectivity index (χ0v) is 9.76. The van der Waals surface area contributed by atoms with E-state index in [1.807, 2.05) is 36.4 Å². The van der Waals surface area contributed by atoms with E-state index in [0.29, 0.717) is 0 Å². The van der Waals surface area contributed by atoms with Crippen molar-refractivity contribution in [3.05, 3.63) is 48.1 Å². The third-order valence-corrected chi connectivity index (χ3v) is 3.00. The first-order valence-electron chi connectivity index (χ1n) is 5.42. The standard InChI is InChI=1S/C13H17N3O/c1-17-13(16)7-6-10(8-12(13)15)9-2-4-11(14)5-3-9/h2-8,12H,14-16H2,1H3. The van der Waals surface area contributed by atoms with Gasteiger partial charge in [0.2, 0.25) is 0 Å². The number of nitrogens with two attached hydrogens (primary N) is 3. The van der Waals surface area contributed by atoms with E-state index < -0.39 is 5.72 Å². The monoisotopic (exact) mass is 231 g/mol. The van der Waals surface area contributed by atoms with Gasteiger partial charge in [0, 0.05) is 12.8 Å². The summed E-state index contributed by atoms with van der Waals surface area (Å²) < 4.78 is 5.20. The Hall–Kier alpha value is -1.62. The summed E-state index contributed by atoms with van der Waals surface area (Å²) in [6.45, 7) is 0. The fourth-order valence-electron chi connectivity index (χ4n) is 1.78. The molecule has 0 spiro atoms. The van der Waals surface area contributed by atoms with Crippen molar-refractivity contribution in [3.8, 4) is 0 Å². The van der Waals surface area contributed by atoms with Crippen molar-refractivity contribution in [1.29, 1.82) is 0 Å². The average molecular weight is 231 g/mol. The van der Waals surface area contributed by atoms with Gasteiger partial charge < -0.3 is 16.2 Å². The molecule has 1 aromatic rings. The molecule has 0 amide bonds. The van der Waals surface area contributed by atoms with E-state index in [1.54, 1.807) is 13.2 Å². The molecule has 4 heteroatoms. The smallest absolute Gasteiger partial charge is 0.154 e. The third kappa shape index (κ3) is 2.24. The van der Waals surface area contributed by atoms with E-state index >= 15 is 0 Å². The third-order valence-electron chi connectivity index (χ3n) is 3.00. The van der Waals surface area contributed by atoms with Gasteiger partial charge in [0.1, 0.15) is 0 Å². The van der Waals surface area contributed by atoms with Gasteiger partial charge in [-0.2, -0.15) is 0 Å². The van der Waals surface area contributed by atoms with Crippen LogP contribution in [0.15, 0.2) is 42.5 Å². The molecule has 0 aromatic heterocycles. The number of ether oxygens (including phenoxy) is 1. The summed E-state index contributed by atoms with van der Waals surface area (Å²) in [5.41, 5.74) is 19.5. The summed E-state index contributed by atoms with van der Waals surface area (Å²) in [4.78, 5) is 0. The molecule has 2 rings (SSSR count). The predicted molar refractivity (Wildman–Crippen MR) is 69.9 cm³/mol. The summed E-state index contributed by atoms with van der Waals surface area (Å²) in [7, 11) is 1.55. The van der Waals surface area contributed by atoms with Gasteiger partial charge in [-0.3, -0.25) is 5.73 Å². The zero-order valence-electron chi connectivity index (χ0n) is 9.76. The molecule has 4 nitrogen and oxygen atoms in total. The van der Waals surface area contributed by atoms with Crippen LogP contribution >= 0.6 is 0 Å². The van der Waals surface area contributed by atoms with Crippen LogP contribution in [0.4, 0.5) is 5.69 Å². The number of hydrogen-bond donors (Lipinski definition) is 3. The SMILES string of the molecule is COC1(N)C=CC(c2ccc(N)cc2)=CC1N. The molecule has 0 saturated heterocycles. The molecule has 1 aliphatic carbocycles. The lowest BCUT2D eigenvalue weighted by Crippen LogP contribution is -2.55. The van der Waals surface area contributed by atoms with Gasteiger partial charge in [-0.1, -0.05) is 24.3 Å². The Morgan fingerprint density at radius 1 is 1.24 bits per heavy atom. The summed E-state index contributed by atoms with van der Waals surface area (Å²) in [6, 6.07) is 7.25. The molecule has 17 heavy (non-hydrogen) atoms. The van der Waals surface area contributed by atoms with Crippen molar-refractivity contribution >= 4 is 11.3 Å². The number of nitrogen functional groups attached to an aromatic ring is 1. The Morgan fingerprint density at radius 2 is 1.88 bits per heavy atom. The highest BCUT2D eigenvalue weighted by Gasteiger charge is 2.30. The second-order valence-electron chi connectivity index (χ2n) is 4.16. The normalized spacial score (nSPS) is 27.9. The summed E-state index contributed by atoms with van der Waals surface area (Å²) in [5, 5.41) is 0. The molecular formula is C13H17N3O. The topological polar surface area (TPSA) is 87.3 Å². The largest absolute Gasteiger partial charge is 0.399 e. The van der Waals surface area contributed by atoms with Gasteiger partial charge >= 0.3 is 0 Å². The number of allylic oxidation sites excluding steroid dienone is 2. The average Bonchev–Trinajstić information content (AvgIpc) is 2.34. The maximum absolute atomic E-state index is 5.98. The minimum Gasteiger partial charge on any atom is -0.399 e. The van der Waals surface area contributed by atoms with Crippen LogP contribution in [0.2, 0.25) is 0 Å². The van der Waals surface area contributed by atoms with Gasteiger partial charge in [-0.05, 0) is 29.3 Å². The van der Waals surface area contributed by atoms with Crippen LogP contribution in [-0.4, -0.2) is 18.9 Å². The number of methoxy groups -OCH3 is 1. The maximum atomic E-state index is 5.98. The molecule has 2 atom stereocenters. The van der Waals surface area contributed by atoms with Crippen molar-refractivity contribution in [3.63, 3.8) is 0 Å². The van der Waals surface area contributed by atoms with Gasteiger partial charge in [-0.15, -0.1) is 0 Å². The minimum atomic E-state index is -0.919. The molecule has 2 unspecified atom stereocenters. The lowest BCUT2D eigenvalue weighted by atomic mass is 9.92. The summed E-state index contributed by atoms with van der Waals surface area (Å²) in [6.07, 6.45) is 5.59. The van der Waals surface area contributed by atoms with Crippen LogP contribution in [0.3, 0.4) is 0 Å². The van der Waals surface area contributed by atoms with Crippen molar-refractivity contribution < 1.29 is 4.74 Å². The van der Waals surface area contributed by atoms with E-state index in [1.165, 1.54) is 0 Å². The van der Waals surface area contributed by atoms with Crippen molar-refractivity contribution in [1.82, 2.24) is 0 Å². The fraction of sp³-hybridized carbons (Fsp3) is 0.231. The Labute approximate surface area is 101 Å². The highest BCUT2D eigenvalue weighted by atomic mass is 16.5. The lowest BCUT2D eigenvalue weighted by Gasteiger charge is -2.32. The quantitative estimate of drug-likeness (QED) is 0.520. The van der Waals surface area contributed by atoms with E-state index in [0.717, 1.165) is 16.8 Å².